The first kappa shape index (κ1) is 19.3. The Morgan fingerprint density at radius 3 is 2.85 bits per heavy atom. The van der Waals surface area contributed by atoms with Crippen LogP contribution in [0, 0.1) is 0 Å². The number of morpholine rings is 1. The Balaban J connectivity index is 1.56. The number of likely N-dealkylation sites (N-methyl/N-ethyl adjacent to an activating group) is 1. The lowest BCUT2D eigenvalue weighted by atomic mass is 10.0. The van der Waals surface area contributed by atoms with Gasteiger partial charge in [-0.1, -0.05) is 24.9 Å². The summed E-state index contributed by atoms with van der Waals surface area (Å²) >= 11 is 6.28. The van der Waals surface area contributed by atoms with Crippen LogP contribution in [-0.2, 0) is 4.74 Å². The zero-order valence-electron chi connectivity index (χ0n) is 15.5. The molecule has 2 fully saturated rings. The Morgan fingerprint density at radius 1 is 1.27 bits per heavy atom. The number of halogens is 1. The van der Waals surface area contributed by atoms with E-state index in [2.05, 4.69) is 27.4 Å². The third kappa shape index (κ3) is 5.02. The molecule has 2 aliphatic heterocycles. The molecule has 2 saturated heterocycles. The van der Waals surface area contributed by atoms with Crippen LogP contribution in [-0.4, -0.2) is 62.9 Å². The minimum Gasteiger partial charge on any atom is -0.378 e. The zero-order valence-corrected chi connectivity index (χ0v) is 16.2. The number of rotatable bonds is 5. The normalized spacial score (nSPS) is 21.5. The van der Waals surface area contributed by atoms with E-state index in [1.54, 1.807) is 0 Å². The molecule has 0 aliphatic carbocycles. The van der Waals surface area contributed by atoms with Crippen LogP contribution < -0.4 is 15.5 Å². The van der Waals surface area contributed by atoms with Crippen LogP contribution >= 0.6 is 11.6 Å². The SMILES string of the molecule is CCN1CCCCC1CNC(=O)Nc1cc(N2CCOCC2)ccc1Cl. The second-order valence-electron chi connectivity index (χ2n) is 6.88. The van der Waals surface area contributed by atoms with E-state index in [9.17, 15) is 4.79 Å². The highest BCUT2D eigenvalue weighted by Gasteiger charge is 2.21. The van der Waals surface area contributed by atoms with Crippen LogP contribution in [0.5, 0.6) is 0 Å². The van der Waals surface area contributed by atoms with Crippen molar-refractivity contribution in [3.8, 4) is 0 Å². The number of nitrogens with one attached hydrogen (secondary N) is 2. The molecule has 0 radical (unpaired) electrons. The molecule has 0 spiro atoms. The molecule has 144 valence electrons. The lowest BCUT2D eigenvalue weighted by molar-refractivity contribution is 0.122. The number of carbonyl (C=O) groups excluding carboxylic acids is 1. The summed E-state index contributed by atoms with van der Waals surface area (Å²) in [7, 11) is 0. The molecular formula is C19H29ClN4O2. The number of anilines is 2. The average Bonchev–Trinajstić information content (AvgIpc) is 2.69. The van der Waals surface area contributed by atoms with Gasteiger partial charge in [0.2, 0.25) is 0 Å². The molecule has 0 aromatic heterocycles. The maximum atomic E-state index is 12.4. The highest BCUT2D eigenvalue weighted by Crippen LogP contribution is 2.28. The Labute approximate surface area is 160 Å². The van der Waals surface area contributed by atoms with E-state index < -0.39 is 0 Å². The number of piperidine rings is 1. The van der Waals surface area contributed by atoms with Gasteiger partial charge in [0.05, 0.1) is 23.9 Å². The van der Waals surface area contributed by atoms with Gasteiger partial charge in [-0.3, -0.25) is 4.90 Å². The fourth-order valence-corrected chi connectivity index (χ4v) is 3.88. The standard InChI is InChI=1S/C19H29ClN4O2/c1-2-23-8-4-3-5-16(23)14-21-19(25)22-18-13-15(6-7-17(18)20)24-9-11-26-12-10-24/h6-7,13,16H,2-5,8-12,14H2,1H3,(H2,21,22,25). The van der Waals surface area contributed by atoms with Crippen molar-refractivity contribution < 1.29 is 9.53 Å². The second kappa shape index (κ2) is 9.44. The Kier molecular flexibility index (Phi) is 7.00. The van der Waals surface area contributed by atoms with E-state index in [-0.39, 0.29) is 6.03 Å². The quantitative estimate of drug-likeness (QED) is 0.823. The molecule has 2 aliphatic rings. The van der Waals surface area contributed by atoms with Crippen molar-refractivity contribution in [2.24, 2.45) is 0 Å². The van der Waals surface area contributed by atoms with Crippen molar-refractivity contribution in [2.75, 3.05) is 56.2 Å². The average molecular weight is 381 g/mol. The van der Waals surface area contributed by atoms with Crippen LogP contribution in [0.2, 0.25) is 5.02 Å². The Hall–Kier alpha value is -1.50. The van der Waals surface area contributed by atoms with Gasteiger partial charge >= 0.3 is 6.03 Å². The minimum absolute atomic E-state index is 0.201. The van der Waals surface area contributed by atoms with E-state index in [0.717, 1.165) is 51.5 Å². The van der Waals surface area contributed by atoms with Crippen LogP contribution in [0.25, 0.3) is 0 Å². The number of urea groups is 1. The van der Waals surface area contributed by atoms with E-state index in [0.29, 0.717) is 23.3 Å². The smallest absolute Gasteiger partial charge is 0.319 e. The summed E-state index contributed by atoms with van der Waals surface area (Å²) < 4.78 is 5.40. The number of amides is 2. The maximum absolute atomic E-state index is 12.4. The Bertz CT molecular complexity index is 607. The molecule has 7 heteroatoms. The third-order valence-electron chi connectivity index (χ3n) is 5.23. The van der Waals surface area contributed by atoms with Crippen LogP contribution in [0.1, 0.15) is 26.2 Å². The summed E-state index contributed by atoms with van der Waals surface area (Å²) in [6.07, 6.45) is 3.62. The molecular weight excluding hydrogens is 352 g/mol. The first-order valence-electron chi connectivity index (χ1n) is 9.58. The number of carbonyl (C=O) groups is 1. The van der Waals surface area contributed by atoms with E-state index >= 15 is 0 Å². The molecule has 1 atom stereocenters. The molecule has 0 saturated carbocycles. The highest BCUT2D eigenvalue weighted by atomic mass is 35.5. The topological polar surface area (TPSA) is 56.8 Å². The summed E-state index contributed by atoms with van der Waals surface area (Å²) in [4.78, 5) is 17.0. The Morgan fingerprint density at radius 2 is 2.08 bits per heavy atom. The summed E-state index contributed by atoms with van der Waals surface area (Å²) in [6.45, 7) is 8.14. The monoisotopic (exact) mass is 380 g/mol. The van der Waals surface area contributed by atoms with Gasteiger partial charge in [-0.05, 0) is 44.1 Å². The lowest BCUT2D eigenvalue weighted by Gasteiger charge is -2.34. The maximum Gasteiger partial charge on any atom is 0.319 e. The third-order valence-corrected chi connectivity index (χ3v) is 5.56. The van der Waals surface area contributed by atoms with Crippen molar-refractivity contribution >= 4 is 29.0 Å². The zero-order chi connectivity index (χ0) is 18.4. The molecule has 0 bridgehead atoms. The molecule has 2 N–H and O–H groups in total. The molecule has 1 unspecified atom stereocenters. The molecule has 1 aromatic carbocycles. The number of hydrogen-bond acceptors (Lipinski definition) is 4. The minimum atomic E-state index is -0.201. The van der Waals surface area contributed by atoms with Gasteiger partial charge in [0.15, 0.2) is 0 Å². The predicted octanol–water partition coefficient (Wildman–Crippen LogP) is 3.17. The van der Waals surface area contributed by atoms with Gasteiger partial charge in [-0.2, -0.15) is 0 Å². The van der Waals surface area contributed by atoms with Crippen molar-refractivity contribution in [2.45, 2.75) is 32.2 Å². The molecule has 2 heterocycles. The van der Waals surface area contributed by atoms with Gasteiger partial charge in [0.1, 0.15) is 0 Å². The van der Waals surface area contributed by atoms with Crippen LogP contribution in [0.4, 0.5) is 16.2 Å². The van der Waals surface area contributed by atoms with E-state index in [4.69, 9.17) is 16.3 Å². The number of ether oxygens (including phenoxy) is 1. The van der Waals surface area contributed by atoms with Crippen molar-refractivity contribution in [1.29, 1.82) is 0 Å². The van der Waals surface area contributed by atoms with Crippen molar-refractivity contribution in [3.05, 3.63) is 23.2 Å². The van der Waals surface area contributed by atoms with Crippen molar-refractivity contribution in [3.63, 3.8) is 0 Å². The summed E-state index contributed by atoms with van der Waals surface area (Å²) in [5.74, 6) is 0. The fourth-order valence-electron chi connectivity index (χ4n) is 3.71. The molecule has 3 rings (SSSR count). The largest absolute Gasteiger partial charge is 0.378 e. The first-order chi connectivity index (χ1) is 12.7. The van der Waals surface area contributed by atoms with Gasteiger partial charge in [-0.15, -0.1) is 0 Å². The summed E-state index contributed by atoms with van der Waals surface area (Å²) in [5.41, 5.74) is 1.70. The lowest BCUT2D eigenvalue weighted by Crippen LogP contribution is -2.47. The summed E-state index contributed by atoms with van der Waals surface area (Å²) in [6, 6.07) is 5.98. The first-order valence-corrected chi connectivity index (χ1v) is 9.96. The van der Waals surface area contributed by atoms with E-state index in [1.807, 2.05) is 18.2 Å². The van der Waals surface area contributed by atoms with Gasteiger partial charge in [-0.25, -0.2) is 4.79 Å². The van der Waals surface area contributed by atoms with Gasteiger partial charge < -0.3 is 20.3 Å². The summed E-state index contributed by atoms with van der Waals surface area (Å²) in [5, 5.41) is 6.46. The highest BCUT2D eigenvalue weighted by molar-refractivity contribution is 6.33. The molecule has 1 aromatic rings. The second-order valence-corrected chi connectivity index (χ2v) is 7.28. The number of hydrogen-bond donors (Lipinski definition) is 2. The predicted molar refractivity (Wildman–Crippen MR) is 106 cm³/mol. The van der Waals surface area contributed by atoms with Crippen molar-refractivity contribution in [1.82, 2.24) is 10.2 Å². The number of likely N-dealkylation sites (tertiary alicyclic amines) is 1. The van der Waals surface area contributed by atoms with Gasteiger partial charge in [0.25, 0.3) is 0 Å². The molecule has 2 amide bonds. The van der Waals surface area contributed by atoms with Crippen LogP contribution in [0.3, 0.4) is 0 Å². The number of nitrogens with zero attached hydrogens (tertiary/aromatic N) is 2. The molecule has 6 nitrogen and oxygen atoms in total. The fraction of sp³-hybridized carbons (Fsp3) is 0.632. The number of benzene rings is 1. The molecule has 26 heavy (non-hydrogen) atoms. The van der Waals surface area contributed by atoms with E-state index in [1.165, 1.54) is 12.8 Å². The van der Waals surface area contributed by atoms with Crippen LogP contribution in [0.15, 0.2) is 18.2 Å². The van der Waals surface area contributed by atoms with Gasteiger partial charge in [0, 0.05) is 31.4 Å².